The van der Waals surface area contributed by atoms with Crippen molar-refractivity contribution in [2.45, 2.75) is 19.9 Å². The Labute approximate surface area is 123 Å². The molecular formula is C14H21N3O4. The molecule has 0 amide bonds. The molecule has 1 aromatic carbocycles. The molecular weight excluding hydrogens is 274 g/mol. The van der Waals surface area contributed by atoms with Crippen molar-refractivity contribution in [3.05, 3.63) is 33.9 Å². The molecule has 0 aromatic heterocycles. The number of nitrogens with one attached hydrogen (secondary N) is 1. The van der Waals surface area contributed by atoms with Gasteiger partial charge in [-0.25, -0.2) is 4.79 Å². The first-order valence-electron chi connectivity index (χ1n) is 6.65. The maximum atomic E-state index is 11.3. The van der Waals surface area contributed by atoms with Crippen LogP contribution in [-0.4, -0.2) is 47.6 Å². The fourth-order valence-corrected chi connectivity index (χ4v) is 1.97. The van der Waals surface area contributed by atoms with Crippen LogP contribution in [0.5, 0.6) is 0 Å². The zero-order valence-corrected chi connectivity index (χ0v) is 12.7. The molecule has 1 aromatic rings. The Morgan fingerprint density at radius 1 is 1.43 bits per heavy atom. The van der Waals surface area contributed by atoms with Gasteiger partial charge in [0.2, 0.25) is 0 Å². The molecule has 0 heterocycles. The van der Waals surface area contributed by atoms with E-state index in [1.54, 1.807) is 0 Å². The number of rotatable bonds is 7. The third-order valence-corrected chi connectivity index (χ3v) is 3.15. The summed E-state index contributed by atoms with van der Waals surface area (Å²) in [4.78, 5) is 23.6. The smallest absolute Gasteiger partial charge is 0.337 e. The van der Waals surface area contributed by atoms with Gasteiger partial charge < -0.3 is 15.3 Å². The topological polar surface area (TPSA) is 95.7 Å². The van der Waals surface area contributed by atoms with E-state index in [2.05, 4.69) is 5.32 Å². The number of aromatic carboxylic acids is 1. The monoisotopic (exact) mass is 295 g/mol. The number of non-ortho nitro benzene ring substituents is 1. The number of carboxylic acid groups (broad SMARTS) is 1. The van der Waals surface area contributed by atoms with Gasteiger partial charge in [-0.05, 0) is 26.1 Å². The molecule has 0 aliphatic rings. The minimum absolute atomic E-state index is 0.0138. The van der Waals surface area contributed by atoms with Crippen LogP contribution in [-0.2, 0) is 0 Å². The number of benzene rings is 1. The highest BCUT2D eigenvalue weighted by Crippen LogP contribution is 2.24. The van der Waals surface area contributed by atoms with Crippen molar-refractivity contribution in [3.8, 4) is 0 Å². The highest BCUT2D eigenvalue weighted by atomic mass is 16.6. The predicted molar refractivity (Wildman–Crippen MR) is 80.9 cm³/mol. The number of carboxylic acids is 1. The molecule has 0 saturated carbocycles. The molecule has 116 valence electrons. The van der Waals surface area contributed by atoms with Crippen molar-refractivity contribution >= 4 is 17.3 Å². The van der Waals surface area contributed by atoms with E-state index in [1.807, 2.05) is 32.8 Å². The maximum Gasteiger partial charge on any atom is 0.337 e. The van der Waals surface area contributed by atoms with Crippen LogP contribution in [0.2, 0.25) is 0 Å². The van der Waals surface area contributed by atoms with Gasteiger partial charge in [-0.3, -0.25) is 10.1 Å². The molecule has 7 heteroatoms. The summed E-state index contributed by atoms with van der Waals surface area (Å²) < 4.78 is 0. The van der Waals surface area contributed by atoms with Crippen LogP contribution in [0.1, 0.15) is 24.2 Å². The first kappa shape index (κ1) is 16.9. The van der Waals surface area contributed by atoms with Crippen molar-refractivity contribution in [2.24, 2.45) is 5.92 Å². The summed E-state index contributed by atoms with van der Waals surface area (Å²) in [5.74, 6) is -0.868. The normalized spacial score (nSPS) is 12.5. The standard InChI is InChI=1S/C14H21N3O4/c1-9(2)13(8-16(3)4)15-12-7-10(17(20)21)5-6-11(12)14(18)19/h5-7,9,13,15H,8H2,1-4H3,(H,18,19). The zero-order valence-electron chi connectivity index (χ0n) is 12.7. The number of carbonyl (C=O) groups is 1. The quantitative estimate of drug-likeness (QED) is 0.592. The second-order valence-corrected chi connectivity index (χ2v) is 5.55. The van der Waals surface area contributed by atoms with Gasteiger partial charge in [-0.15, -0.1) is 0 Å². The molecule has 0 aliphatic heterocycles. The SMILES string of the molecule is CC(C)C(CN(C)C)Nc1cc([N+](=O)[O-])ccc1C(=O)O. The summed E-state index contributed by atoms with van der Waals surface area (Å²) in [5.41, 5.74) is 0.178. The number of likely N-dealkylation sites (N-methyl/N-ethyl adjacent to an activating group) is 1. The van der Waals surface area contributed by atoms with Gasteiger partial charge in [0, 0.05) is 24.7 Å². The second kappa shape index (κ2) is 7.03. The average molecular weight is 295 g/mol. The van der Waals surface area contributed by atoms with E-state index in [4.69, 9.17) is 0 Å². The molecule has 0 bridgehead atoms. The van der Waals surface area contributed by atoms with E-state index < -0.39 is 10.9 Å². The van der Waals surface area contributed by atoms with Crippen LogP contribution in [0.3, 0.4) is 0 Å². The maximum absolute atomic E-state index is 11.3. The lowest BCUT2D eigenvalue weighted by Gasteiger charge is -2.27. The Morgan fingerprint density at radius 2 is 2.05 bits per heavy atom. The lowest BCUT2D eigenvalue weighted by Crippen LogP contribution is -2.36. The molecule has 7 nitrogen and oxygen atoms in total. The van der Waals surface area contributed by atoms with Crippen LogP contribution in [0.25, 0.3) is 0 Å². The number of nitrogens with zero attached hydrogens (tertiary/aromatic N) is 2. The van der Waals surface area contributed by atoms with Crippen molar-refractivity contribution in [1.29, 1.82) is 0 Å². The molecule has 1 rings (SSSR count). The zero-order chi connectivity index (χ0) is 16.2. The minimum Gasteiger partial charge on any atom is -0.478 e. The Hall–Kier alpha value is -2.15. The Morgan fingerprint density at radius 3 is 2.48 bits per heavy atom. The molecule has 0 aliphatic carbocycles. The fraction of sp³-hybridized carbons (Fsp3) is 0.500. The summed E-state index contributed by atoms with van der Waals surface area (Å²) >= 11 is 0. The summed E-state index contributed by atoms with van der Waals surface area (Å²) in [5, 5.41) is 23.2. The summed E-state index contributed by atoms with van der Waals surface area (Å²) in [6.07, 6.45) is 0. The van der Waals surface area contributed by atoms with Crippen LogP contribution in [0, 0.1) is 16.0 Å². The lowest BCUT2D eigenvalue weighted by molar-refractivity contribution is -0.384. The number of hydrogen-bond donors (Lipinski definition) is 2. The lowest BCUT2D eigenvalue weighted by atomic mass is 10.0. The van der Waals surface area contributed by atoms with E-state index >= 15 is 0 Å². The first-order valence-corrected chi connectivity index (χ1v) is 6.65. The van der Waals surface area contributed by atoms with Crippen molar-refractivity contribution in [1.82, 2.24) is 4.90 Å². The van der Waals surface area contributed by atoms with E-state index in [1.165, 1.54) is 18.2 Å². The third-order valence-electron chi connectivity index (χ3n) is 3.15. The number of hydrogen-bond acceptors (Lipinski definition) is 5. The van der Waals surface area contributed by atoms with Crippen LogP contribution in [0.15, 0.2) is 18.2 Å². The third kappa shape index (κ3) is 4.71. The van der Waals surface area contributed by atoms with E-state index in [0.29, 0.717) is 6.54 Å². The Kier molecular flexibility index (Phi) is 5.66. The predicted octanol–water partition coefficient (Wildman–Crippen LogP) is 2.29. The number of nitro benzene ring substituents is 1. The summed E-state index contributed by atoms with van der Waals surface area (Å²) in [6, 6.07) is 3.72. The molecule has 2 N–H and O–H groups in total. The average Bonchev–Trinajstić information content (AvgIpc) is 2.36. The van der Waals surface area contributed by atoms with Gasteiger partial charge in [0.1, 0.15) is 0 Å². The van der Waals surface area contributed by atoms with Gasteiger partial charge >= 0.3 is 5.97 Å². The van der Waals surface area contributed by atoms with Crippen molar-refractivity contribution < 1.29 is 14.8 Å². The highest BCUT2D eigenvalue weighted by Gasteiger charge is 2.20. The van der Waals surface area contributed by atoms with E-state index in [0.717, 1.165) is 0 Å². The van der Waals surface area contributed by atoms with Gasteiger partial charge in [-0.1, -0.05) is 13.8 Å². The van der Waals surface area contributed by atoms with Gasteiger partial charge in [0.15, 0.2) is 0 Å². The molecule has 21 heavy (non-hydrogen) atoms. The van der Waals surface area contributed by atoms with Crippen molar-refractivity contribution in [3.63, 3.8) is 0 Å². The van der Waals surface area contributed by atoms with Gasteiger partial charge in [0.05, 0.1) is 16.2 Å². The van der Waals surface area contributed by atoms with Crippen LogP contribution in [0.4, 0.5) is 11.4 Å². The molecule has 1 unspecified atom stereocenters. The van der Waals surface area contributed by atoms with Crippen molar-refractivity contribution in [2.75, 3.05) is 26.0 Å². The van der Waals surface area contributed by atoms with Gasteiger partial charge in [0.25, 0.3) is 5.69 Å². The molecule has 1 atom stereocenters. The largest absolute Gasteiger partial charge is 0.478 e. The highest BCUT2D eigenvalue weighted by molar-refractivity contribution is 5.94. The fourth-order valence-electron chi connectivity index (χ4n) is 1.97. The molecule has 0 radical (unpaired) electrons. The molecule has 0 spiro atoms. The van der Waals surface area contributed by atoms with Crippen LogP contribution < -0.4 is 5.32 Å². The minimum atomic E-state index is -1.11. The Bertz CT molecular complexity index is 529. The van der Waals surface area contributed by atoms with E-state index in [-0.39, 0.29) is 28.9 Å². The molecule has 0 fully saturated rings. The van der Waals surface area contributed by atoms with E-state index in [9.17, 15) is 20.0 Å². The van der Waals surface area contributed by atoms with Gasteiger partial charge in [-0.2, -0.15) is 0 Å². The molecule has 0 saturated heterocycles. The summed E-state index contributed by atoms with van der Waals surface area (Å²) in [7, 11) is 3.84. The second-order valence-electron chi connectivity index (χ2n) is 5.55. The van der Waals surface area contributed by atoms with Crippen LogP contribution >= 0.6 is 0 Å². The number of anilines is 1. The first-order chi connectivity index (χ1) is 9.72. The number of nitro groups is 1. The summed E-state index contributed by atoms with van der Waals surface area (Å²) in [6.45, 7) is 4.72. The Balaban J connectivity index is 3.15.